The standard InChI is InChI=1S/C15H13FO3/c1-9-7-10(4-6-14(9)17)11-3-5-13(16)12(8-11)15(18)19-2/h3-8,17H,1-2H3. The highest BCUT2D eigenvalue weighted by molar-refractivity contribution is 5.91. The number of ether oxygens (including phenoxy) is 1. The van der Waals surface area contributed by atoms with Gasteiger partial charge in [0.1, 0.15) is 11.6 Å². The molecule has 0 saturated carbocycles. The molecule has 19 heavy (non-hydrogen) atoms. The third kappa shape index (κ3) is 2.57. The molecule has 0 bridgehead atoms. The summed E-state index contributed by atoms with van der Waals surface area (Å²) in [5.74, 6) is -1.14. The molecule has 0 aliphatic heterocycles. The van der Waals surface area contributed by atoms with Crippen molar-refractivity contribution in [1.82, 2.24) is 0 Å². The van der Waals surface area contributed by atoms with Gasteiger partial charge in [0.2, 0.25) is 0 Å². The number of esters is 1. The van der Waals surface area contributed by atoms with Crippen LogP contribution in [0.3, 0.4) is 0 Å². The molecule has 0 unspecified atom stereocenters. The molecule has 4 heteroatoms. The molecular weight excluding hydrogens is 247 g/mol. The lowest BCUT2D eigenvalue weighted by atomic mass is 10.0. The molecule has 98 valence electrons. The maximum Gasteiger partial charge on any atom is 0.340 e. The van der Waals surface area contributed by atoms with Crippen molar-refractivity contribution in [1.29, 1.82) is 0 Å². The molecule has 0 radical (unpaired) electrons. The number of phenolic OH excluding ortho intramolecular Hbond substituents is 1. The first kappa shape index (κ1) is 13.1. The lowest BCUT2D eigenvalue weighted by Crippen LogP contribution is -2.04. The second kappa shape index (κ2) is 5.10. The molecule has 2 rings (SSSR count). The van der Waals surface area contributed by atoms with E-state index in [-0.39, 0.29) is 11.3 Å². The van der Waals surface area contributed by atoms with Crippen LogP contribution in [0.25, 0.3) is 11.1 Å². The van der Waals surface area contributed by atoms with Crippen LogP contribution in [-0.4, -0.2) is 18.2 Å². The summed E-state index contributed by atoms with van der Waals surface area (Å²) in [5, 5.41) is 9.48. The molecule has 2 aromatic rings. The molecule has 0 saturated heterocycles. The summed E-state index contributed by atoms with van der Waals surface area (Å²) in [4.78, 5) is 11.4. The molecular formula is C15H13FO3. The predicted molar refractivity (Wildman–Crippen MR) is 69.6 cm³/mol. The van der Waals surface area contributed by atoms with Gasteiger partial charge in [-0.15, -0.1) is 0 Å². The SMILES string of the molecule is COC(=O)c1cc(-c2ccc(O)c(C)c2)ccc1F. The maximum absolute atomic E-state index is 13.5. The molecule has 0 heterocycles. The largest absolute Gasteiger partial charge is 0.508 e. The van der Waals surface area contributed by atoms with Crippen molar-refractivity contribution in [3.05, 3.63) is 53.3 Å². The predicted octanol–water partition coefficient (Wildman–Crippen LogP) is 3.29. The van der Waals surface area contributed by atoms with Crippen molar-refractivity contribution >= 4 is 5.97 Å². The Labute approximate surface area is 110 Å². The third-order valence-corrected chi connectivity index (χ3v) is 2.90. The Morgan fingerprint density at radius 3 is 2.42 bits per heavy atom. The van der Waals surface area contributed by atoms with E-state index in [1.54, 1.807) is 31.2 Å². The number of halogens is 1. The Hall–Kier alpha value is -2.36. The van der Waals surface area contributed by atoms with Gasteiger partial charge in [0.25, 0.3) is 0 Å². The van der Waals surface area contributed by atoms with Crippen LogP contribution < -0.4 is 0 Å². The number of benzene rings is 2. The van der Waals surface area contributed by atoms with Crippen molar-refractivity contribution < 1.29 is 19.0 Å². The minimum Gasteiger partial charge on any atom is -0.508 e. The van der Waals surface area contributed by atoms with Gasteiger partial charge >= 0.3 is 5.97 Å². The van der Waals surface area contributed by atoms with E-state index in [4.69, 9.17) is 0 Å². The fraction of sp³-hybridized carbons (Fsp3) is 0.133. The van der Waals surface area contributed by atoms with Crippen molar-refractivity contribution in [2.45, 2.75) is 6.92 Å². The van der Waals surface area contributed by atoms with Crippen LogP contribution in [-0.2, 0) is 4.74 Å². The number of aryl methyl sites for hydroxylation is 1. The molecule has 0 fully saturated rings. The van der Waals surface area contributed by atoms with Crippen LogP contribution in [0, 0.1) is 12.7 Å². The molecule has 1 N–H and O–H groups in total. The smallest absolute Gasteiger partial charge is 0.340 e. The van der Waals surface area contributed by atoms with Crippen LogP contribution in [0.1, 0.15) is 15.9 Å². The van der Waals surface area contributed by atoms with Gasteiger partial charge in [0, 0.05) is 0 Å². The van der Waals surface area contributed by atoms with E-state index < -0.39 is 11.8 Å². The summed E-state index contributed by atoms with van der Waals surface area (Å²) >= 11 is 0. The number of aromatic hydroxyl groups is 1. The van der Waals surface area contributed by atoms with E-state index in [2.05, 4.69) is 4.74 Å². The van der Waals surface area contributed by atoms with E-state index >= 15 is 0 Å². The monoisotopic (exact) mass is 260 g/mol. The van der Waals surface area contributed by atoms with E-state index in [9.17, 15) is 14.3 Å². The highest BCUT2D eigenvalue weighted by atomic mass is 19.1. The first-order valence-corrected chi connectivity index (χ1v) is 5.71. The number of phenols is 1. The normalized spacial score (nSPS) is 10.3. The van der Waals surface area contributed by atoms with Gasteiger partial charge in [-0.3, -0.25) is 0 Å². The Kier molecular flexibility index (Phi) is 3.51. The summed E-state index contributed by atoms with van der Waals surface area (Å²) in [7, 11) is 1.21. The number of carbonyl (C=O) groups excluding carboxylic acids is 1. The average molecular weight is 260 g/mol. The average Bonchev–Trinajstić information content (AvgIpc) is 2.41. The maximum atomic E-state index is 13.5. The molecule has 0 spiro atoms. The number of carbonyl (C=O) groups is 1. The number of methoxy groups -OCH3 is 1. The first-order chi connectivity index (χ1) is 9.02. The minimum absolute atomic E-state index is 0.106. The van der Waals surface area contributed by atoms with Gasteiger partial charge in [-0.2, -0.15) is 0 Å². The molecule has 3 nitrogen and oxygen atoms in total. The topological polar surface area (TPSA) is 46.5 Å². The van der Waals surface area contributed by atoms with Crippen LogP contribution in [0.2, 0.25) is 0 Å². The zero-order chi connectivity index (χ0) is 14.0. The Morgan fingerprint density at radius 2 is 1.79 bits per heavy atom. The number of rotatable bonds is 2. The zero-order valence-corrected chi connectivity index (χ0v) is 10.6. The van der Waals surface area contributed by atoms with Crippen molar-refractivity contribution in [2.75, 3.05) is 7.11 Å². The van der Waals surface area contributed by atoms with Crippen molar-refractivity contribution in [2.24, 2.45) is 0 Å². The van der Waals surface area contributed by atoms with E-state index in [0.717, 1.165) is 5.56 Å². The second-order valence-corrected chi connectivity index (χ2v) is 4.19. The molecule has 0 aliphatic rings. The van der Waals surface area contributed by atoms with E-state index in [1.165, 1.54) is 19.2 Å². The number of hydrogen-bond donors (Lipinski definition) is 1. The third-order valence-electron chi connectivity index (χ3n) is 2.90. The summed E-state index contributed by atoms with van der Waals surface area (Å²) in [6.07, 6.45) is 0. The Bertz CT molecular complexity index is 635. The quantitative estimate of drug-likeness (QED) is 0.843. The van der Waals surface area contributed by atoms with E-state index in [1.807, 2.05) is 0 Å². The van der Waals surface area contributed by atoms with Gasteiger partial charge in [-0.25, -0.2) is 9.18 Å². The van der Waals surface area contributed by atoms with Crippen LogP contribution >= 0.6 is 0 Å². The van der Waals surface area contributed by atoms with Crippen LogP contribution in [0.15, 0.2) is 36.4 Å². The Balaban J connectivity index is 2.51. The first-order valence-electron chi connectivity index (χ1n) is 5.71. The lowest BCUT2D eigenvalue weighted by Gasteiger charge is -2.07. The summed E-state index contributed by atoms with van der Waals surface area (Å²) in [6.45, 7) is 1.77. The fourth-order valence-corrected chi connectivity index (χ4v) is 1.81. The van der Waals surface area contributed by atoms with Crippen LogP contribution in [0.4, 0.5) is 4.39 Å². The molecule has 0 amide bonds. The lowest BCUT2D eigenvalue weighted by molar-refractivity contribution is 0.0595. The molecule has 0 aromatic heterocycles. The summed E-state index contributed by atoms with van der Waals surface area (Å²) < 4.78 is 18.1. The van der Waals surface area contributed by atoms with E-state index in [0.29, 0.717) is 11.1 Å². The van der Waals surface area contributed by atoms with Gasteiger partial charge in [0.05, 0.1) is 12.7 Å². The van der Waals surface area contributed by atoms with Gasteiger partial charge in [-0.1, -0.05) is 12.1 Å². The second-order valence-electron chi connectivity index (χ2n) is 4.19. The highest BCUT2D eigenvalue weighted by Gasteiger charge is 2.13. The molecule has 2 aromatic carbocycles. The molecule has 0 atom stereocenters. The number of hydrogen-bond acceptors (Lipinski definition) is 3. The van der Waals surface area contributed by atoms with Crippen molar-refractivity contribution in [3.8, 4) is 16.9 Å². The zero-order valence-electron chi connectivity index (χ0n) is 10.6. The van der Waals surface area contributed by atoms with Gasteiger partial charge < -0.3 is 9.84 Å². The van der Waals surface area contributed by atoms with Crippen LogP contribution in [0.5, 0.6) is 5.75 Å². The summed E-state index contributed by atoms with van der Waals surface area (Å²) in [6, 6.07) is 9.27. The van der Waals surface area contributed by atoms with Gasteiger partial charge in [0.15, 0.2) is 0 Å². The molecule has 0 aliphatic carbocycles. The Morgan fingerprint density at radius 1 is 1.16 bits per heavy atom. The fourth-order valence-electron chi connectivity index (χ4n) is 1.81. The summed E-state index contributed by atoms with van der Waals surface area (Å²) in [5.41, 5.74) is 2.08. The highest BCUT2D eigenvalue weighted by Crippen LogP contribution is 2.27. The minimum atomic E-state index is -0.713. The van der Waals surface area contributed by atoms with Crippen molar-refractivity contribution in [3.63, 3.8) is 0 Å². The van der Waals surface area contributed by atoms with Gasteiger partial charge in [-0.05, 0) is 47.9 Å².